The first kappa shape index (κ1) is 12.2. The molecule has 0 bridgehead atoms. The maximum atomic E-state index is 5.95. The van der Waals surface area contributed by atoms with E-state index in [1.165, 1.54) is 0 Å². The summed E-state index contributed by atoms with van der Waals surface area (Å²) in [6, 6.07) is 11.6. The van der Waals surface area contributed by atoms with E-state index in [1.54, 1.807) is 6.20 Å². The van der Waals surface area contributed by atoms with E-state index in [1.807, 2.05) is 36.4 Å². The Morgan fingerprint density at radius 2 is 1.84 bits per heavy atom. The van der Waals surface area contributed by atoms with Gasteiger partial charge in [-0.15, -0.1) is 0 Å². The normalized spacial score (nSPS) is 11.4. The zero-order chi connectivity index (χ0) is 13.4. The first-order chi connectivity index (χ1) is 9.16. The molecule has 0 aliphatic rings. The van der Waals surface area contributed by atoms with Gasteiger partial charge in [-0.2, -0.15) is 0 Å². The third-order valence-electron chi connectivity index (χ3n) is 3.04. The quantitative estimate of drug-likeness (QED) is 0.699. The number of halogens is 1. The average molecular weight is 272 g/mol. The van der Waals surface area contributed by atoms with E-state index in [9.17, 15) is 0 Å². The summed E-state index contributed by atoms with van der Waals surface area (Å²) in [7, 11) is 0. The Kier molecular flexibility index (Phi) is 2.99. The van der Waals surface area contributed by atoms with Crippen LogP contribution in [0.4, 0.5) is 0 Å². The van der Waals surface area contributed by atoms with Crippen molar-refractivity contribution in [2.24, 2.45) is 0 Å². The van der Waals surface area contributed by atoms with Crippen molar-refractivity contribution in [3.63, 3.8) is 0 Å². The Morgan fingerprint density at radius 1 is 1.11 bits per heavy atom. The van der Waals surface area contributed by atoms with Gasteiger partial charge in [0.2, 0.25) is 0 Å². The van der Waals surface area contributed by atoms with E-state index in [4.69, 9.17) is 11.6 Å². The zero-order valence-electron chi connectivity index (χ0n) is 10.8. The summed E-state index contributed by atoms with van der Waals surface area (Å²) in [5.74, 6) is 1.33. The lowest BCUT2D eigenvalue weighted by Crippen LogP contribution is -2.03. The minimum atomic E-state index is 0.324. The Balaban J connectivity index is 2.31. The van der Waals surface area contributed by atoms with E-state index in [2.05, 4.69) is 28.4 Å². The van der Waals surface area contributed by atoms with E-state index in [0.717, 1.165) is 27.7 Å². The predicted molar refractivity (Wildman–Crippen MR) is 78.0 cm³/mol. The van der Waals surface area contributed by atoms with E-state index < -0.39 is 0 Å². The highest BCUT2D eigenvalue weighted by molar-refractivity contribution is 6.30. The molecule has 3 rings (SSSR count). The zero-order valence-corrected chi connectivity index (χ0v) is 11.6. The van der Waals surface area contributed by atoms with Crippen molar-refractivity contribution in [2.45, 2.75) is 19.8 Å². The molecule has 3 aromatic rings. The molecule has 0 radical (unpaired) electrons. The second-order valence-electron chi connectivity index (χ2n) is 4.78. The maximum absolute atomic E-state index is 5.95. The number of pyridine rings is 1. The highest BCUT2D eigenvalue weighted by Gasteiger charge is 2.15. The van der Waals surface area contributed by atoms with E-state index >= 15 is 0 Å². The molecule has 0 atom stereocenters. The molecule has 0 aliphatic carbocycles. The maximum Gasteiger partial charge on any atom is 0.164 e. The highest BCUT2D eigenvalue weighted by atomic mass is 35.5. The summed E-state index contributed by atoms with van der Waals surface area (Å²) in [5, 5.41) is 0.729. The van der Waals surface area contributed by atoms with Gasteiger partial charge < -0.3 is 0 Å². The monoisotopic (exact) mass is 271 g/mol. The van der Waals surface area contributed by atoms with Crippen LogP contribution in [-0.4, -0.2) is 14.5 Å². The number of hydrogen-bond donors (Lipinski definition) is 0. The van der Waals surface area contributed by atoms with Crippen LogP contribution in [0.5, 0.6) is 0 Å². The number of imidazole rings is 1. The fourth-order valence-electron chi connectivity index (χ4n) is 2.16. The Bertz CT molecular complexity index is 714. The molecule has 2 heterocycles. The summed E-state index contributed by atoms with van der Waals surface area (Å²) < 4.78 is 2.09. The molecule has 1 aromatic carbocycles. The van der Waals surface area contributed by atoms with Gasteiger partial charge in [-0.1, -0.05) is 25.4 Å². The molecule has 2 aromatic heterocycles. The first-order valence-electron chi connectivity index (χ1n) is 6.26. The van der Waals surface area contributed by atoms with Crippen molar-refractivity contribution in [1.29, 1.82) is 0 Å². The number of fused-ring (bicyclic) bond motifs is 1. The van der Waals surface area contributed by atoms with Crippen LogP contribution in [0.1, 0.15) is 25.6 Å². The Labute approximate surface area is 116 Å². The summed E-state index contributed by atoms with van der Waals surface area (Å²) >= 11 is 5.95. The third-order valence-corrected chi connectivity index (χ3v) is 3.30. The summed E-state index contributed by atoms with van der Waals surface area (Å²) in [6.45, 7) is 4.27. The predicted octanol–water partition coefficient (Wildman–Crippen LogP) is 4.20. The van der Waals surface area contributed by atoms with Crippen molar-refractivity contribution in [2.75, 3.05) is 0 Å². The largest absolute Gasteiger partial charge is 0.281 e. The summed E-state index contributed by atoms with van der Waals surface area (Å²) in [5.41, 5.74) is 2.84. The lowest BCUT2D eigenvalue weighted by Gasteiger charge is -2.10. The van der Waals surface area contributed by atoms with Crippen molar-refractivity contribution in [3.05, 3.63) is 53.4 Å². The van der Waals surface area contributed by atoms with Crippen molar-refractivity contribution >= 4 is 22.8 Å². The van der Waals surface area contributed by atoms with Gasteiger partial charge in [0, 0.05) is 22.8 Å². The van der Waals surface area contributed by atoms with Gasteiger partial charge in [-0.25, -0.2) is 9.97 Å². The molecule has 0 fully saturated rings. The fourth-order valence-corrected chi connectivity index (χ4v) is 2.29. The number of benzene rings is 1. The van der Waals surface area contributed by atoms with Crippen LogP contribution >= 0.6 is 11.6 Å². The minimum absolute atomic E-state index is 0.324. The molecule has 0 saturated carbocycles. The van der Waals surface area contributed by atoms with Crippen LogP contribution in [0, 0.1) is 0 Å². The third kappa shape index (κ3) is 2.10. The van der Waals surface area contributed by atoms with Crippen molar-refractivity contribution < 1.29 is 0 Å². The van der Waals surface area contributed by atoms with Crippen LogP contribution in [0.3, 0.4) is 0 Å². The molecule has 19 heavy (non-hydrogen) atoms. The molecule has 96 valence electrons. The summed E-state index contributed by atoms with van der Waals surface area (Å²) in [6.07, 6.45) is 1.79. The fraction of sp³-hybridized carbons (Fsp3) is 0.200. The van der Waals surface area contributed by atoms with Gasteiger partial charge in [0.05, 0.1) is 0 Å². The Morgan fingerprint density at radius 3 is 2.53 bits per heavy atom. The highest BCUT2D eigenvalue weighted by Crippen LogP contribution is 2.25. The molecule has 4 heteroatoms. The van der Waals surface area contributed by atoms with Crippen LogP contribution in [0.25, 0.3) is 16.9 Å². The smallest absolute Gasteiger partial charge is 0.164 e. The van der Waals surface area contributed by atoms with Gasteiger partial charge in [0.25, 0.3) is 0 Å². The molecular formula is C15H14ClN3. The molecule has 0 spiro atoms. The topological polar surface area (TPSA) is 30.7 Å². The lowest BCUT2D eigenvalue weighted by atomic mass is 10.2. The van der Waals surface area contributed by atoms with Crippen LogP contribution < -0.4 is 0 Å². The Hall–Kier alpha value is -1.87. The first-order valence-corrected chi connectivity index (χ1v) is 6.64. The standard InChI is InChI=1S/C15H14ClN3/c1-10(2)14-18-13-4-3-9-17-15(13)19(14)12-7-5-11(16)6-8-12/h3-10H,1-2H3. The SMILES string of the molecule is CC(C)c1nc2cccnc2n1-c1ccc(Cl)cc1. The van der Waals surface area contributed by atoms with Gasteiger partial charge in [-0.05, 0) is 36.4 Å². The summed E-state index contributed by atoms with van der Waals surface area (Å²) in [4.78, 5) is 9.13. The van der Waals surface area contributed by atoms with Gasteiger partial charge in [0.15, 0.2) is 5.65 Å². The van der Waals surface area contributed by atoms with Gasteiger partial charge in [0.1, 0.15) is 11.3 Å². The molecule has 0 N–H and O–H groups in total. The average Bonchev–Trinajstić information content (AvgIpc) is 2.79. The molecule has 0 aliphatic heterocycles. The van der Waals surface area contributed by atoms with Crippen molar-refractivity contribution in [1.82, 2.24) is 14.5 Å². The lowest BCUT2D eigenvalue weighted by molar-refractivity contribution is 0.757. The van der Waals surface area contributed by atoms with Gasteiger partial charge in [-0.3, -0.25) is 4.57 Å². The van der Waals surface area contributed by atoms with Crippen LogP contribution in [0.2, 0.25) is 5.02 Å². The van der Waals surface area contributed by atoms with Crippen LogP contribution in [-0.2, 0) is 0 Å². The molecule has 3 nitrogen and oxygen atoms in total. The number of nitrogens with zero attached hydrogens (tertiary/aromatic N) is 3. The van der Waals surface area contributed by atoms with Gasteiger partial charge >= 0.3 is 0 Å². The van der Waals surface area contributed by atoms with E-state index in [0.29, 0.717) is 5.92 Å². The number of hydrogen-bond acceptors (Lipinski definition) is 2. The molecule has 0 unspecified atom stereocenters. The molecule has 0 saturated heterocycles. The van der Waals surface area contributed by atoms with E-state index in [-0.39, 0.29) is 0 Å². The minimum Gasteiger partial charge on any atom is -0.281 e. The van der Waals surface area contributed by atoms with Crippen molar-refractivity contribution in [3.8, 4) is 5.69 Å². The molecular weight excluding hydrogens is 258 g/mol. The second-order valence-corrected chi connectivity index (χ2v) is 5.22. The van der Waals surface area contributed by atoms with Crippen LogP contribution in [0.15, 0.2) is 42.6 Å². The second kappa shape index (κ2) is 4.67. The number of rotatable bonds is 2. The number of aromatic nitrogens is 3. The molecule has 0 amide bonds.